The number of hydrogen-bond acceptors (Lipinski definition) is 8. The van der Waals surface area contributed by atoms with Crippen LogP contribution in [0.25, 0.3) is 16.8 Å². The van der Waals surface area contributed by atoms with Gasteiger partial charge in [-0.1, -0.05) is 6.92 Å². The van der Waals surface area contributed by atoms with Crippen molar-refractivity contribution in [2.24, 2.45) is 11.7 Å². The lowest BCUT2D eigenvalue weighted by Crippen LogP contribution is -2.46. The topological polar surface area (TPSA) is 121 Å². The number of ether oxygens (including phenoxy) is 3. The van der Waals surface area contributed by atoms with Gasteiger partial charge in [0.15, 0.2) is 0 Å². The van der Waals surface area contributed by atoms with Crippen molar-refractivity contribution in [1.82, 2.24) is 19.6 Å². The molecule has 1 aromatic carbocycles. The molecule has 11 heteroatoms. The number of rotatable bonds is 11. The average Bonchev–Trinajstić information content (AvgIpc) is 3.36. The molecule has 0 radical (unpaired) electrons. The monoisotopic (exact) mass is 576 g/mol. The molecule has 0 saturated heterocycles. The van der Waals surface area contributed by atoms with Crippen molar-refractivity contribution in [3.8, 4) is 23.1 Å². The quantitative estimate of drug-likeness (QED) is 0.252. The van der Waals surface area contributed by atoms with Gasteiger partial charge in [-0.2, -0.15) is 10.4 Å². The van der Waals surface area contributed by atoms with Gasteiger partial charge in [0.1, 0.15) is 29.8 Å². The number of halogens is 2. The summed E-state index contributed by atoms with van der Waals surface area (Å²) in [4.78, 5) is 8.94. The minimum Gasteiger partial charge on any atom is -0.491 e. The first kappa shape index (κ1) is 29.5. The van der Waals surface area contributed by atoms with Crippen molar-refractivity contribution in [3.63, 3.8) is 0 Å². The predicted molar refractivity (Wildman–Crippen MR) is 152 cm³/mol. The number of fused-ring (bicyclic) bond motifs is 1. The van der Waals surface area contributed by atoms with Crippen LogP contribution in [0.15, 0.2) is 48.9 Å². The molecule has 5 rings (SSSR count). The van der Waals surface area contributed by atoms with Crippen LogP contribution in [0.3, 0.4) is 0 Å². The van der Waals surface area contributed by atoms with E-state index < -0.39 is 11.6 Å². The lowest BCUT2D eigenvalue weighted by molar-refractivity contribution is -0.0199. The van der Waals surface area contributed by atoms with Crippen LogP contribution >= 0.6 is 0 Å². The molecule has 1 saturated carbocycles. The Kier molecular flexibility index (Phi) is 9.37. The third-order valence-electron chi connectivity index (χ3n) is 7.73. The molecule has 0 unspecified atom stereocenters. The van der Waals surface area contributed by atoms with Gasteiger partial charge in [0.05, 0.1) is 54.8 Å². The van der Waals surface area contributed by atoms with Crippen LogP contribution in [0.4, 0.5) is 8.78 Å². The van der Waals surface area contributed by atoms with Crippen molar-refractivity contribution in [3.05, 3.63) is 77.5 Å². The largest absolute Gasteiger partial charge is 0.491 e. The highest BCUT2D eigenvalue weighted by Crippen LogP contribution is 2.39. The number of methoxy groups -OCH3 is 1. The van der Waals surface area contributed by atoms with E-state index in [1.54, 1.807) is 29.0 Å². The zero-order chi connectivity index (χ0) is 29.6. The van der Waals surface area contributed by atoms with Gasteiger partial charge in [-0.25, -0.2) is 18.3 Å². The van der Waals surface area contributed by atoms with Crippen LogP contribution in [-0.2, 0) is 15.9 Å². The smallest absolute Gasteiger partial charge is 0.139 e. The fourth-order valence-corrected chi connectivity index (χ4v) is 5.81. The van der Waals surface area contributed by atoms with Gasteiger partial charge in [-0.15, -0.1) is 0 Å². The number of hydrogen-bond donors (Lipinski definition) is 1. The van der Waals surface area contributed by atoms with E-state index in [2.05, 4.69) is 28.1 Å². The first-order valence-electron chi connectivity index (χ1n) is 14.0. The Morgan fingerprint density at radius 1 is 1.10 bits per heavy atom. The molecule has 42 heavy (non-hydrogen) atoms. The van der Waals surface area contributed by atoms with Gasteiger partial charge in [-0.05, 0) is 54.0 Å². The molecule has 1 aliphatic rings. The highest BCUT2D eigenvalue weighted by atomic mass is 19.1. The summed E-state index contributed by atoms with van der Waals surface area (Å²) in [5, 5.41) is 13.4. The van der Waals surface area contributed by atoms with E-state index in [0.29, 0.717) is 37.4 Å². The van der Waals surface area contributed by atoms with E-state index >= 15 is 8.78 Å². The molecule has 2 N–H and O–H groups in total. The van der Waals surface area contributed by atoms with Gasteiger partial charge >= 0.3 is 0 Å². The third kappa shape index (κ3) is 6.41. The Hall–Kier alpha value is -3.98. The van der Waals surface area contributed by atoms with Gasteiger partial charge < -0.3 is 19.9 Å². The fourth-order valence-electron chi connectivity index (χ4n) is 5.81. The Bertz CT molecular complexity index is 1540. The summed E-state index contributed by atoms with van der Waals surface area (Å²) in [6, 6.07) is 9.57. The molecule has 0 spiro atoms. The Morgan fingerprint density at radius 3 is 2.64 bits per heavy atom. The highest BCUT2D eigenvalue weighted by Gasteiger charge is 2.35. The van der Waals surface area contributed by atoms with Gasteiger partial charge in [-0.3, -0.25) is 4.98 Å². The Morgan fingerprint density at radius 2 is 1.90 bits per heavy atom. The van der Waals surface area contributed by atoms with Gasteiger partial charge in [0, 0.05) is 44.1 Å². The molecule has 3 heterocycles. The van der Waals surface area contributed by atoms with Crippen molar-refractivity contribution < 1.29 is 23.0 Å². The van der Waals surface area contributed by atoms with Crippen molar-refractivity contribution in [2.75, 3.05) is 26.9 Å². The van der Waals surface area contributed by atoms with Crippen LogP contribution in [0.5, 0.6) is 5.75 Å². The van der Waals surface area contributed by atoms with E-state index in [0.717, 1.165) is 36.1 Å². The second kappa shape index (κ2) is 13.3. The molecule has 3 aromatic heterocycles. The number of nitrogens with zero attached hydrogens (tertiary/aromatic N) is 5. The normalized spacial score (nSPS) is 20.5. The van der Waals surface area contributed by atoms with E-state index in [9.17, 15) is 0 Å². The minimum absolute atomic E-state index is 0.0797. The Labute approximate surface area is 243 Å². The maximum Gasteiger partial charge on any atom is 0.139 e. The van der Waals surface area contributed by atoms with E-state index in [1.807, 2.05) is 12.3 Å². The number of benzene rings is 1. The first-order valence-corrected chi connectivity index (χ1v) is 14.0. The maximum atomic E-state index is 15.1. The summed E-state index contributed by atoms with van der Waals surface area (Å²) in [6.45, 7) is 2.99. The van der Waals surface area contributed by atoms with Crippen LogP contribution in [-0.4, -0.2) is 58.7 Å². The summed E-state index contributed by atoms with van der Waals surface area (Å²) in [6.07, 6.45) is 7.59. The van der Waals surface area contributed by atoms with Crippen molar-refractivity contribution >= 4 is 5.52 Å². The molecular weight excluding hydrogens is 542 g/mol. The number of pyridine rings is 1. The SMILES string of the molecule is COCCOc1cc(F)c(-c2ccc3cnc(Cc4cnccc4[C@H]4C[C@@H](N)[C@@H](OCCC#N)[C@@H](C)C4)n3n2)c(F)c1. The molecule has 0 bridgehead atoms. The molecule has 4 aromatic rings. The zero-order valence-corrected chi connectivity index (χ0v) is 23.7. The minimum atomic E-state index is -0.775. The second-order valence-electron chi connectivity index (χ2n) is 10.6. The van der Waals surface area contributed by atoms with Gasteiger partial charge in [0.2, 0.25) is 0 Å². The van der Waals surface area contributed by atoms with E-state index in [-0.39, 0.29) is 47.6 Å². The molecule has 0 amide bonds. The van der Waals surface area contributed by atoms with Crippen LogP contribution < -0.4 is 10.5 Å². The molecule has 0 aliphatic heterocycles. The molecule has 1 aliphatic carbocycles. The van der Waals surface area contributed by atoms with Crippen molar-refractivity contribution in [1.29, 1.82) is 5.26 Å². The molecule has 1 fully saturated rings. The second-order valence-corrected chi connectivity index (χ2v) is 10.6. The molecular formula is C31H34F2N6O3. The van der Waals surface area contributed by atoms with E-state index in [4.69, 9.17) is 25.2 Å². The average molecular weight is 577 g/mol. The van der Waals surface area contributed by atoms with Crippen LogP contribution in [0.2, 0.25) is 0 Å². The summed E-state index contributed by atoms with van der Waals surface area (Å²) >= 11 is 0. The van der Waals surface area contributed by atoms with Crippen LogP contribution in [0.1, 0.15) is 49.1 Å². The molecule has 4 atom stereocenters. The van der Waals surface area contributed by atoms with Gasteiger partial charge in [0.25, 0.3) is 0 Å². The summed E-state index contributed by atoms with van der Waals surface area (Å²) in [5.74, 6) is -0.433. The third-order valence-corrected chi connectivity index (χ3v) is 7.73. The van der Waals surface area contributed by atoms with Crippen LogP contribution in [0, 0.1) is 28.9 Å². The molecule has 9 nitrogen and oxygen atoms in total. The number of aromatic nitrogens is 4. The Balaban J connectivity index is 1.39. The summed E-state index contributed by atoms with van der Waals surface area (Å²) in [5.41, 5.74) is 9.27. The lowest BCUT2D eigenvalue weighted by atomic mass is 9.73. The van der Waals surface area contributed by atoms with E-state index in [1.165, 1.54) is 7.11 Å². The fraction of sp³-hybridized carbons (Fsp3) is 0.419. The zero-order valence-electron chi connectivity index (χ0n) is 23.7. The number of nitriles is 1. The van der Waals surface area contributed by atoms with Crippen molar-refractivity contribution in [2.45, 2.75) is 50.7 Å². The first-order chi connectivity index (χ1) is 20.4. The summed E-state index contributed by atoms with van der Waals surface area (Å²) < 4.78 is 48.0. The predicted octanol–water partition coefficient (Wildman–Crippen LogP) is 4.83. The lowest BCUT2D eigenvalue weighted by Gasteiger charge is -2.39. The maximum absolute atomic E-state index is 15.1. The highest BCUT2D eigenvalue weighted by molar-refractivity contribution is 5.64. The number of nitrogens with two attached hydrogens (primary N) is 1. The molecule has 220 valence electrons. The standard InChI is InChI=1S/C31H34F2N6O3/c1-19-12-20(13-27(35)31(19)42-9-3-7-34)24-6-8-36-17-21(24)14-29-37-18-22-4-5-28(38-39(22)29)30-25(32)15-23(16-26(30)33)41-11-10-40-2/h4-6,8,15-20,27,31H,3,9-14,35H2,1-2H3/t19-,20+,27+,31-/m0/s1. The summed E-state index contributed by atoms with van der Waals surface area (Å²) in [7, 11) is 1.52. The number of imidazole rings is 1.